The second kappa shape index (κ2) is 6.20. The summed E-state index contributed by atoms with van der Waals surface area (Å²) < 4.78 is 5.30. The lowest BCUT2D eigenvalue weighted by molar-refractivity contribution is -0.121. The van der Waals surface area contributed by atoms with Crippen molar-refractivity contribution in [1.82, 2.24) is 5.32 Å². The van der Waals surface area contributed by atoms with Crippen molar-refractivity contribution in [3.8, 4) is 0 Å². The highest BCUT2D eigenvalue weighted by Crippen LogP contribution is 2.58. The number of ether oxygens (including phenoxy) is 1. The van der Waals surface area contributed by atoms with E-state index in [-0.39, 0.29) is 29.6 Å². The van der Waals surface area contributed by atoms with Gasteiger partial charge in [0.15, 0.2) is 0 Å². The minimum atomic E-state index is -0.292. The maximum absolute atomic E-state index is 12.6. The van der Waals surface area contributed by atoms with E-state index in [4.69, 9.17) is 16.3 Å². The standard InChI is InChI=1S/C19H23ClN2O3/c1-11(17(23)21-14-4-2-13(20)3-5-14)16-10-19(8-12(16)9-19)22-18(24)25-15-6-7-15/h2-5,11-12,15-16H,6-10H2,1H3,(H,21,23)(H,22,24). The van der Waals surface area contributed by atoms with Crippen LogP contribution in [0, 0.1) is 17.8 Å². The van der Waals surface area contributed by atoms with Gasteiger partial charge in [-0.05, 0) is 68.2 Å². The van der Waals surface area contributed by atoms with Crippen LogP contribution in [0.15, 0.2) is 24.3 Å². The van der Waals surface area contributed by atoms with Gasteiger partial charge in [0.05, 0.1) is 0 Å². The zero-order chi connectivity index (χ0) is 17.6. The fraction of sp³-hybridized carbons (Fsp3) is 0.579. The third kappa shape index (κ3) is 3.47. The molecule has 1 aromatic rings. The molecule has 0 aliphatic heterocycles. The molecule has 0 aromatic heterocycles. The quantitative estimate of drug-likeness (QED) is 0.832. The zero-order valence-corrected chi connectivity index (χ0v) is 15.0. The number of hydrogen-bond acceptors (Lipinski definition) is 3. The van der Waals surface area contributed by atoms with Gasteiger partial charge in [-0.2, -0.15) is 0 Å². The van der Waals surface area contributed by atoms with Gasteiger partial charge in [-0.15, -0.1) is 0 Å². The maximum atomic E-state index is 12.6. The van der Waals surface area contributed by atoms with Crippen LogP contribution in [-0.2, 0) is 9.53 Å². The number of benzene rings is 1. The van der Waals surface area contributed by atoms with Crippen molar-refractivity contribution in [2.24, 2.45) is 17.8 Å². The Kier molecular flexibility index (Phi) is 4.14. The molecule has 1 aromatic carbocycles. The molecule has 4 saturated carbocycles. The summed E-state index contributed by atoms with van der Waals surface area (Å²) in [7, 11) is 0. The van der Waals surface area contributed by atoms with Crippen LogP contribution in [0.25, 0.3) is 0 Å². The molecule has 25 heavy (non-hydrogen) atoms. The molecule has 4 fully saturated rings. The number of carbonyl (C=O) groups is 2. The van der Waals surface area contributed by atoms with E-state index in [1.165, 1.54) is 0 Å². The van der Waals surface area contributed by atoms with E-state index in [0.29, 0.717) is 16.9 Å². The Morgan fingerprint density at radius 3 is 2.52 bits per heavy atom. The van der Waals surface area contributed by atoms with Crippen LogP contribution in [0.3, 0.4) is 0 Å². The number of alkyl carbamates (subject to hydrolysis) is 1. The van der Waals surface area contributed by atoms with Gasteiger partial charge < -0.3 is 15.4 Å². The average molecular weight is 363 g/mol. The number of amides is 2. The third-order valence-corrected chi connectivity index (χ3v) is 6.12. The molecule has 6 heteroatoms. The summed E-state index contributed by atoms with van der Waals surface area (Å²) in [4.78, 5) is 24.5. The Hall–Kier alpha value is -1.75. The van der Waals surface area contributed by atoms with Crippen LogP contribution in [0.4, 0.5) is 10.5 Å². The number of hydrogen-bond donors (Lipinski definition) is 2. The Balaban J connectivity index is 1.32. The topological polar surface area (TPSA) is 67.4 Å². The van der Waals surface area contributed by atoms with Crippen molar-refractivity contribution in [2.45, 2.75) is 50.7 Å². The summed E-state index contributed by atoms with van der Waals surface area (Å²) in [5, 5.41) is 6.67. The van der Waals surface area contributed by atoms with Crippen molar-refractivity contribution in [2.75, 3.05) is 5.32 Å². The monoisotopic (exact) mass is 362 g/mol. The van der Waals surface area contributed by atoms with E-state index in [1.54, 1.807) is 24.3 Å². The SMILES string of the molecule is CC(C(=O)Nc1ccc(Cl)cc1)C1CC2(NC(=O)OC3CC3)CC1C2. The second-order valence-corrected chi connectivity index (χ2v) is 8.27. The molecule has 2 unspecified atom stereocenters. The lowest BCUT2D eigenvalue weighted by atomic mass is 9.75. The van der Waals surface area contributed by atoms with Crippen LogP contribution >= 0.6 is 11.6 Å². The van der Waals surface area contributed by atoms with Crippen LogP contribution in [0.2, 0.25) is 5.02 Å². The largest absolute Gasteiger partial charge is 0.446 e. The highest BCUT2D eigenvalue weighted by molar-refractivity contribution is 6.30. The molecule has 4 aliphatic rings. The van der Waals surface area contributed by atoms with Crippen LogP contribution in [0.5, 0.6) is 0 Å². The van der Waals surface area contributed by atoms with Crippen molar-refractivity contribution >= 4 is 29.3 Å². The Labute approximate surface area is 152 Å². The minimum Gasteiger partial charge on any atom is -0.446 e. The molecule has 5 nitrogen and oxygen atoms in total. The summed E-state index contributed by atoms with van der Waals surface area (Å²) in [6.45, 7) is 1.98. The molecule has 5 rings (SSSR count). The first-order valence-corrected chi connectivity index (χ1v) is 9.37. The summed E-state index contributed by atoms with van der Waals surface area (Å²) in [5.41, 5.74) is 0.600. The number of carbonyl (C=O) groups excluding carboxylic acids is 2. The van der Waals surface area contributed by atoms with Crippen molar-refractivity contribution in [1.29, 1.82) is 0 Å². The number of anilines is 1. The smallest absolute Gasteiger partial charge is 0.407 e. The van der Waals surface area contributed by atoms with Gasteiger partial charge >= 0.3 is 6.09 Å². The van der Waals surface area contributed by atoms with Gasteiger partial charge in [0.25, 0.3) is 0 Å². The number of fused-ring (bicyclic) bond motifs is 1. The van der Waals surface area contributed by atoms with E-state index >= 15 is 0 Å². The Morgan fingerprint density at radius 1 is 1.20 bits per heavy atom. The van der Waals surface area contributed by atoms with Gasteiger partial charge in [0.1, 0.15) is 6.10 Å². The van der Waals surface area contributed by atoms with Crippen LogP contribution in [0.1, 0.15) is 39.0 Å². The van der Waals surface area contributed by atoms with Gasteiger partial charge in [-0.25, -0.2) is 4.79 Å². The fourth-order valence-corrected chi connectivity index (χ4v) is 4.46. The highest BCUT2D eigenvalue weighted by atomic mass is 35.5. The van der Waals surface area contributed by atoms with E-state index in [2.05, 4.69) is 10.6 Å². The van der Waals surface area contributed by atoms with E-state index in [1.807, 2.05) is 6.92 Å². The molecule has 0 spiro atoms. The summed E-state index contributed by atoms with van der Waals surface area (Å²) >= 11 is 5.87. The third-order valence-electron chi connectivity index (χ3n) is 5.87. The summed E-state index contributed by atoms with van der Waals surface area (Å²) in [6, 6.07) is 7.13. The Morgan fingerprint density at radius 2 is 1.88 bits per heavy atom. The first kappa shape index (κ1) is 16.7. The molecule has 2 N–H and O–H groups in total. The predicted molar refractivity (Wildman–Crippen MR) is 95.4 cm³/mol. The zero-order valence-electron chi connectivity index (χ0n) is 14.3. The molecule has 0 radical (unpaired) electrons. The fourth-order valence-electron chi connectivity index (χ4n) is 4.34. The molecular formula is C19H23ClN2O3. The molecule has 4 aliphatic carbocycles. The lowest BCUT2D eigenvalue weighted by Gasteiger charge is -2.39. The number of nitrogens with one attached hydrogen (secondary N) is 2. The molecule has 0 heterocycles. The molecule has 2 atom stereocenters. The van der Waals surface area contributed by atoms with Gasteiger partial charge in [0.2, 0.25) is 5.91 Å². The van der Waals surface area contributed by atoms with Gasteiger partial charge in [0, 0.05) is 22.2 Å². The van der Waals surface area contributed by atoms with Gasteiger partial charge in [-0.3, -0.25) is 4.79 Å². The number of halogens is 1. The van der Waals surface area contributed by atoms with Crippen LogP contribution < -0.4 is 10.6 Å². The van der Waals surface area contributed by atoms with E-state index in [9.17, 15) is 9.59 Å². The predicted octanol–water partition coefficient (Wildman–Crippen LogP) is 3.97. The molecule has 134 valence electrons. The lowest BCUT2D eigenvalue weighted by Crippen LogP contribution is -2.52. The van der Waals surface area contributed by atoms with Crippen molar-refractivity contribution < 1.29 is 14.3 Å². The van der Waals surface area contributed by atoms with Crippen molar-refractivity contribution in [3.63, 3.8) is 0 Å². The molecule has 0 saturated heterocycles. The molecular weight excluding hydrogens is 340 g/mol. The number of rotatable bonds is 5. The van der Waals surface area contributed by atoms with E-state index in [0.717, 1.165) is 37.8 Å². The average Bonchev–Trinajstić information content (AvgIpc) is 3.18. The van der Waals surface area contributed by atoms with Gasteiger partial charge in [-0.1, -0.05) is 18.5 Å². The minimum absolute atomic E-state index is 0.0237. The first-order chi connectivity index (χ1) is 11.9. The first-order valence-electron chi connectivity index (χ1n) is 8.99. The molecule has 2 amide bonds. The Bertz CT molecular complexity index is 680. The second-order valence-electron chi connectivity index (χ2n) is 7.83. The van der Waals surface area contributed by atoms with Crippen LogP contribution in [-0.4, -0.2) is 23.6 Å². The molecule has 2 bridgehead atoms. The maximum Gasteiger partial charge on any atom is 0.407 e. The summed E-state index contributed by atoms with van der Waals surface area (Å²) in [5.74, 6) is 0.739. The van der Waals surface area contributed by atoms with E-state index < -0.39 is 0 Å². The normalized spacial score (nSPS) is 31.0. The highest BCUT2D eigenvalue weighted by Gasteiger charge is 2.59. The summed E-state index contributed by atoms with van der Waals surface area (Å²) in [6.07, 6.45) is 4.55. The van der Waals surface area contributed by atoms with Crippen molar-refractivity contribution in [3.05, 3.63) is 29.3 Å².